The first-order chi connectivity index (χ1) is 5.75. The Balaban J connectivity index is 2.86. The summed E-state index contributed by atoms with van der Waals surface area (Å²) in [7, 11) is 0. The molecule has 12 heavy (non-hydrogen) atoms. The summed E-state index contributed by atoms with van der Waals surface area (Å²) in [6.45, 7) is 3.53. The van der Waals surface area contributed by atoms with Gasteiger partial charge in [0.15, 0.2) is 0 Å². The number of pyridine rings is 1. The number of nitrogens with two attached hydrogens (primary N) is 1. The topological polar surface area (TPSA) is 38.9 Å². The number of hydrogen-bond donors (Lipinski definition) is 1. The number of nitrogens with zero attached hydrogens (tertiary/aromatic N) is 1. The van der Waals surface area contributed by atoms with Crippen molar-refractivity contribution in [2.75, 3.05) is 0 Å². The van der Waals surface area contributed by atoms with Crippen molar-refractivity contribution in [3.63, 3.8) is 0 Å². The zero-order valence-electron chi connectivity index (χ0n) is 6.70. The summed E-state index contributed by atoms with van der Waals surface area (Å²) in [5.74, 6) is -0.355. The molecule has 0 aliphatic rings. The van der Waals surface area contributed by atoms with Crippen LogP contribution >= 0.6 is 0 Å². The molecule has 0 unspecified atom stereocenters. The molecule has 0 bridgehead atoms. The molecule has 0 saturated heterocycles. The maximum Gasteiger partial charge on any atom is 0.146 e. The lowest BCUT2D eigenvalue weighted by Crippen LogP contribution is -2.12. The largest absolute Gasteiger partial charge is 0.322 e. The monoisotopic (exact) mass is 166 g/mol. The molecule has 0 aromatic carbocycles. The van der Waals surface area contributed by atoms with Gasteiger partial charge in [-0.3, -0.25) is 4.98 Å². The molecular formula is C9H11FN2. The van der Waals surface area contributed by atoms with Crippen molar-refractivity contribution in [3.05, 3.63) is 42.5 Å². The highest BCUT2D eigenvalue weighted by Crippen LogP contribution is 2.14. The zero-order valence-corrected chi connectivity index (χ0v) is 6.70. The van der Waals surface area contributed by atoms with Gasteiger partial charge in [0.25, 0.3) is 0 Å². The van der Waals surface area contributed by atoms with Gasteiger partial charge in [-0.05, 0) is 18.6 Å². The average molecular weight is 166 g/mol. The van der Waals surface area contributed by atoms with Crippen LogP contribution in [0.5, 0.6) is 0 Å². The van der Waals surface area contributed by atoms with Crippen LogP contribution < -0.4 is 5.73 Å². The van der Waals surface area contributed by atoms with E-state index >= 15 is 0 Å². The van der Waals surface area contributed by atoms with E-state index in [1.54, 1.807) is 12.1 Å². The van der Waals surface area contributed by atoms with Crippen LogP contribution in [0.3, 0.4) is 0 Å². The number of halogens is 1. The van der Waals surface area contributed by atoms with Crippen LogP contribution in [0.2, 0.25) is 0 Å². The fourth-order valence-corrected chi connectivity index (χ4v) is 0.962. The van der Waals surface area contributed by atoms with Crippen molar-refractivity contribution in [2.45, 2.75) is 12.5 Å². The Kier molecular flexibility index (Phi) is 2.94. The van der Waals surface area contributed by atoms with Gasteiger partial charge in [0.2, 0.25) is 0 Å². The maximum atomic E-state index is 13.0. The summed E-state index contributed by atoms with van der Waals surface area (Å²) in [4.78, 5) is 3.85. The van der Waals surface area contributed by atoms with E-state index in [4.69, 9.17) is 5.73 Å². The van der Waals surface area contributed by atoms with Crippen LogP contribution in [0, 0.1) is 5.82 Å². The standard InChI is InChI=1S/C9H11FN2/c1-2-4-8(11)9-7(10)5-3-6-12-9/h2-3,5-6,8H,1,4,11H2/t8-/m0/s1. The molecular weight excluding hydrogens is 155 g/mol. The molecule has 64 valence electrons. The minimum Gasteiger partial charge on any atom is -0.322 e. The predicted octanol–water partition coefficient (Wildman–Crippen LogP) is 1.80. The highest BCUT2D eigenvalue weighted by Gasteiger charge is 2.09. The summed E-state index contributed by atoms with van der Waals surface area (Å²) in [6, 6.07) is 2.51. The lowest BCUT2D eigenvalue weighted by Gasteiger charge is -2.07. The van der Waals surface area contributed by atoms with Crippen LogP contribution in [0.1, 0.15) is 18.2 Å². The van der Waals surface area contributed by atoms with E-state index in [0.29, 0.717) is 12.1 Å². The first kappa shape index (κ1) is 8.87. The first-order valence-corrected chi connectivity index (χ1v) is 3.72. The lowest BCUT2D eigenvalue weighted by molar-refractivity contribution is 0.567. The highest BCUT2D eigenvalue weighted by molar-refractivity contribution is 5.11. The predicted molar refractivity (Wildman–Crippen MR) is 45.9 cm³/mol. The van der Waals surface area contributed by atoms with Gasteiger partial charge in [0.05, 0.1) is 11.7 Å². The Labute approximate surface area is 70.9 Å². The minimum absolute atomic E-state index is 0.303. The fourth-order valence-electron chi connectivity index (χ4n) is 0.962. The molecule has 0 aliphatic carbocycles. The van der Waals surface area contributed by atoms with E-state index in [0.717, 1.165) is 0 Å². The van der Waals surface area contributed by atoms with Crippen molar-refractivity contribution in [1.82, 2.24) is 4.98 Å². The van der Waals surface area contributed by atoms with Gasteiger partial charge in [-0.25, -0.2) is 4.39 Å². The molecule has 0 fully saturated rings. The summed E-state index contributed by atoms with van der Waals surface area (Å²) in [6.07, 6.45) is 3.72. The van der Waals surface area contributed by atoms with Gasteiger partial charge < -0.3 is 5.73 Å². The van der Waals surface area contributed by atoms with Crippen LogP contribution in [0.15, 0.2) is 31.0 Å². The second kappa shape index (κ2) is 3.97. The van der Waals surface area contributed by atoms with Crippen LogP contribution in [0.25, 0.3) is 0 Å². The summed E-state index contributed by atoms with van der Waals surface area (Å²) < 4.78 is 13.0. The third-order valence-corrected chi connectivity index (χ3v) is 1.56. The van der Waals surface area contributed by atoms with E-state index in [-0.39, 0.29) is 11.9 Å². The van der Waals surface area contributed by atoms with Crippen LogP contribution in [0.4, 0.5) is 4.39 Å². The van der Waals surface area contributed by atoms with Gasteiger partial charge in [-0.2, -0.15) is 0 Å². The lowest BCUT2D eigenvalue weighted by atomic mass is 10.1. The zero-order chi connectivity index (χ0) is 8.97. The third-order valence-electron chi connectivity index (χ3n) is 1.56. The number of aromatic nitrogens is 1. The SMILES string of the molecule is C=CC[C@H](N)c1ncccc1F. The normalized spacial score (nSPS) is 12.5. The molecule has 0 saturated carbocycles. The van der Waals surface area contributed by atoms with Crippen LogP contribution in [-0.2, 0) is 0 Å². The maximum absolute atomic E-state index is 13.0. The van der Waals surface area contributed by atoms with E-state index in [9.17, 15) is 4.39 Å². The van der Waals surface area contributed by atoms with E-state index in [1.165, 1.54) is 12.3 Å². The van der Waals surface area contributed by atoms with Gasteiger partial charge >= 0.3 is 0 Å². The Bertz CT molecular complexity index is 273. The van der Waals surface area contributed by atoms with Crippen molar-refractivity contribution >= 4 is 0 Å². The van der Waals surface area contributed by atoms with Crippen molar-refractivity contribution in [3.8, 4) is 0 Å². The third kappa shape index (κ3) is 1.89. The van der Waals surface area contributed by atoms with E-state index in [2.05, 4.69) is 11.6 Å². The van der Waals surface area contributed by atoms with Gasteiger partial charge in [-0.15, -0.1) is 6.58 Å². The molecule has 2 nitrogen and oxygen atoms in total. The quantitative estimate of drug-likeness (QED) is 0.695. The number of rotatable bonds is 3. The molecule has 3 heteroatoms. The van der Waals surface area contributed by atoms with Crippen molar-refractivity contribution < 1.29 is 4.39 Å². The second-order valence-electron chi connectivity index (χ2n) is 2.50. The average Bonchev–Trinajstić information content (AvgIpc) is 2.05. The van der Waals surface area contributed by atoms with E-state index < -0.39 is 0 Å². The van der Waals surface area contributed by atoms with Gasteiger partial charge in [0.1, 0.15) is 5.82 Å². The molecule has 1 aromatic heterocycles. The second-order valence-corrected chi connectivity index (χ2v) is 2.50. The minimum atomic E-state index is -0.385. The molecule has 0 amide bonds. The molecule has 0 spiro atoms. The van der Waals surface area contributed by atoms with Gasteiger partial charge in [0, 0.05) is 6.20 Å². The summed E-state index contributed by atoms with van der Waals surface area (Å²) >= 11 is 0. The molecule has 1 atom stereocenters. The fraction of sp³-hybridized carbons (Fsp3) is 0.222. The Morgan fingerprint density at radius 1 is 1.75 bits per heavy atom. The highest BCUT2D eigenvalue weighted by atomic mass is 19.1. The molecule has 2 N–H and O–H groups in total. The van der Waals surface area contributed by atoms with Crippen LogP contribution in [-0.4, -0.2) is 4.98 Å². The molecule has 1 aromatic rings. The Morgan fingerprint density at radius 2 is 2.50 bits per heavy atom. The summed E-state index contributed by atoms with van der Waals surface area (Å²) in [5, 5.41) is 0. The Morgan fingerprint density at radius 3 is 3.08 bits per heavy atom. The summed E-state index contributed by atoms with van der Waals surface area (Å²) in [5.41, 5.74) is 5.94. The first-order valence-electron chi connectivity index (χ1n) is 3.72. The Hall–Kier alpha value is -1.22. The van der Waals surface area contributed by atoms with Crippen molar-refractivity contribution in [1.29, 1.82) is 0 Å². The smallest absolute Gasteiger partial charge is 0.146 e. The van der Waals surface area contributed by atoms with E-state index in [1.807, 2.05) is 0 Å². The van der Waals surface area contributed by atoms with Gasteiger partial charge in [-0.1, -0.05) is 6.08 Å². The molecule has 0 radical (unpaired) electrons. The molecule has 0 aliphatic heterocycles. The molecule has 1 heterocycles. The number of hydrogen-bond acceptors (Lipinski definition) is 2. The van der Waals surface area contributed by atoms with Crippen molar-refractivity contribution in [2.24, 2.45) is 5.73 Å². The molecule has 1 rings (SSSR count).